The van der Waals surface area contributed by atoms with Gasteiger partial charge in [0, 0.05) is 47.9 Å². The third kappa shape index (κ3) is 5.10. The zero-order valence-electron chi connectivity index (χ0n) is 27.7. The largest absolute Gasteiger partial charge is 0.454 e. The van der Waals surface area contributed by atoms with Crippen molar-refractivity contribution in [3.05, 3.63) is 188 Å². The predicted molar refractivity (Wildman–Crippen MR) is 218 cm³/mol. The first kappa shape index (κ1) is 29.5. The zero-order chi connectivity index (χ0) is 33.7. The van der Waals surface area contributed by atoms with E-state index < -0.39 is 0 Å². The van der Waals surface area contributed by atoms with Gasteiger partial charge in [0.15, 0.2) is 5.58 Å². The Kier molecular flexibility index (Phi) is 7.04. The molecule has 0 fully saturated rings. The number of furan rings is 1. The monoisotopic (exact) mass is 669 g/mol. The fourth-order valence-corrected chi connectivity index (χ4v) is 8.56. The fraction of sp³-hybridized carbons (Fsp3) is 0. The number of para-hydroxylation sites is 1. The maximum absolute atomic E-state index is 6.81. The number of benzene rings is 8. The van der Waals surface area contributed by atoms with Crippen molar-refractivity contribution in [3.63, 3.8) is 0 Å². The highest BCUT2D eigenvalue weighted by Gasteiger charge is 2.24. The molecule has 0 spiro atoms. The molecule has 2 aromatic heterocycles. The topological polar surface area (TPSA) is 16.4 Å². The molecule has 0 unspecified atom stereocenters. The molecule has 10 aromatic rings. The molecule has 0 aliphatic heterocycles. The smallest absolute Gasteiger partial charge is 0.160 e. The van der Waals surface area contributed by atoms with Crippen LogP contribution in [0.4, 0.5) is 17.1 Å². The Bertz CT molecular complexity index is 2850. The lowest BCUT2D eigenvalue weighted by atomic mass is 9.97. The van der Waals surface area contributed by atoms with E-state index in [9.17, 15) is 0 Å². The molecule has 0 saturated heterocycles. The standard InChI is InChI=1S/C48H31NOS/c1-3-12-32(13-4-1)35-16-11-17-36(30-35)33-22-24-37(25-23-33)49(38-26-27-42-41-19-8-10-21-45(41)51-46(42)31-38)47-39(34-14-5-2-6-15-34)28-29-43-40-18-7-9-20-44(40)50-48(43)47/h1-31H. The SMILES string of the molecule is c1ccc(-c2cccc(-c3ccc(N(c4ccc5c(c4)sc4ccccc45)c4c(-c5ccccc5)ccc5c4oc4ccccc45)cc3)c2)cc1. The van der Waals surface area contributed by atoms with Crippen molar-refractivity contribution in [2.75, 3.05) is 4.90 Å². The molecule has 51 heavy (non-hydrogen) atoms. The highest BCUT2D eigenvalue weighted by molar-refractivity contribution is 7.25. The Morgan fingerprint density at radius 1 is 0.373 bits per heavy atom. The third-order valence-electron chi connectivity index (χ3n) is 9.88. The predicted octanol–water partition coefficient (Wildman–Crippen LogP) is 14.4. The van der Waals surface area contributed by atoms with Crippen LogP contribution in [0.5, 0.6) is 0 Å². The van der Waals surface area contributed by atoms with Crippen LogP contribution < -0.4 is 4.90 Å². The van der Waals surface area contributed by atoms with Gasteiger partial charge in [0.1, 0.15) is 5.58 Å². The average Bonchev–Trinajstić information content (AvgIpc) is 3.77. The molecule has 0 aliphatic carbocycles. The van der Waals surface area contributed by atoms with Crippen molar-refractivity contribution < 1.29 is 4.42 Å². The second kappa shape index (κ2) is 12.2. The van der Waals surface area contributed by atoms with Crippen LogP contribution in [-0.4, -0.2) is 0 Å². The van der Waals surface area contributed by atoms with Crippen LogP contribution in [0.2, 0.25) is 0 Å². The lowest BCUT2D eigenvalue weighted by Gasteiger charge is -2.28. The molecule has 0 amide bonds. The van der Waals surface area contributed by atoms with Gasteiger partial charge in [-0.1, -0.05) is 140 Å². The van der Waals surface area contributed by atoms with Crippen molar-refractivity contribution in [1.82, 2.24) is 0 Å². The molecule has 2 heterocycles. The van der Waals surface area contributed by atoms with E-state index in [2.05, 4.69) is 187 Å². The summed E-state index contributed by atoms with van der Waals surface area (Å²) in [5, 5.41) is 4.78. The molecule has 0 radical (unpaired) electrons. The zero-order valence-corrected chi connectivity index (χ0v) is 28.5. The summed E-state index contributed by atoms with van der Waals surface area (Å²) in [6.07, 6.45) is 0. The van der Waals surface area contributed by atoms with E-state index >= 15 is 0 Å². The van der Waals surface area contributed by atoms with Crippen LogP contribution in [0.1, 0.15) is 0 Å². The molecule has 3 heteroatoms. The molecule has 0 aliphatic rings. The summed E-state index contributed by atoms with van der Waals surface area (Å²) in [5.41, 5.74) is 11.9. The Morgan fingerprint density at radius 2 is 0.961 bits per heavy atom. The van der Waals surface area contributed by atoms with E-state index in [1.165, 1.54) is 42.4 Å². The first-order valence-electron chi connectivity index (χ1n) is 17.3. The van der Waals surface area contributed by atoms with Crippen molar-refractivity contribution in [2.45, 2.75) is 0 Å². The average molecular weight is 670 g/mol. The van der Waals surface area contributed by atoms with Gasteiger partial charge in [0.05, 0.1) is 5.69 Å². The third-order valence-corrected chi connectivity index (χ3v) is 11.0. The maximum Gasteiger partial charge on any atom is 0.160 e. The quantitative estimate of drug-likeness (QED) is 0.175. The molecule has 8 aromatic carbocycles. The van der Waals surface area contributed by atoms with Gasteiger partial charge in [-0.25, -0.2) is 0 Å². The summed E-state index contributed by atoms with van der Waals surface area (Å²) >= 11 is 1.84. The van der Waals surface area contributed by atoms with Gasteiger partial charge in [0.2, 0.25) is 0 Å². The summed E-state index contributed by atoms with van der Waals surface area (Å²) in [4.78, 5) is 2.39. The fourth-order valence-electron chi connectivity index (χ4n) is 7.42. The molecular formula is C48H31NOS. The Hall–Kier alpha value is -6.42. The van der Waals surface area contributed by atoms with Crippen LogP contribution in [0.25, 0.3) is 75.5 Å². The molecular weight excluding hydrogens is 639 g/mol. The molecule has 2 nitrogen and oxygen atoms in total. The summed E-state index contributed by atoms with van der Waals surface area (Å²) in [6, 6.07) is 67.4. The summed E-state index contributed by atoms with van der Waals surface area (Å²) in [5.74, 6) is 0. The van der Waals surface area contributed by atoms with Gasteiger partial charge in [-0.15, -0.1) is 11.3 Å². The van der Waals surface area contributed by atoms with Crippen molar-refractivity contribution in [3.8, 4) is 33.4 Å². The van der Waals surface area contributed by atoms with E-state index in [-0.39, 0.29) is 0 Å². The Morgan fingerprint density at radius 3 is 1.75 bits per heavy atom. The summed E-state index contributed by atoms with van der Waals surface area (Å²) in [6.45, 7) is 0. The normalized spacial score (nSPS) is 11.5. The molecule has 0 bridgehead atoms. The van der Waals surface area contributed by atoms with Gasteiger partial charge in [-0.2, -0.15) is 0 Å². The summed E-state index contributed by atoms with van der Waals surface area (Å²) in [7, 11) is 0. The van der Waals surface area contributed by atoms with Crippen LogP contribution in [0.3, 0.4) is 0 Å². The molecule has 10 rings (SSSR count). The molecule has 0 N–H and O–H groups in total. The lowest BCUT2D eigenvalue weighted by molar-refractivity contribution is 0.669. The number of hydrogen-bond acceptors (Lipinski definition) is 3. The number of fused-ring (bicyclic) bond motifs is 6. The van der Waals surface area contributed by atoms with Crippen LogP contribution in [0, 0.1) is 0 Å². The maximum atomic E-state index is 6.81. The van der Waals surface area contributed by atoms with Crippen molar-refractivity contribution >= 4 is 70.5 Å². The van der Waals surface area contributed by atoms with Crippen LogP contribution in [-0.2, 0) is 0 Å². The first-order valence-corrected chi connectivity index (χ1v) is 18.1. The highest BCUT2D eigenvalue weighted by Crippen LogP contribution is 2.49. The van der Waals surface area contributed by atoms with Crippen LogP contribution in [0.15, 0.2) is 192 Å². The van der Waals surface area contributed by atoms with E-state index in [4.69, 9.17) is 4.42 Å². The van der Waals surface area contributed by atoms with Crippen molar-refractivity contribution in [1.29, 1.82) is 0 Å². The van der Waals surface area contributed by atoms with E-state index in [0.29, 0.717) is 0 Å². The summed E-state index contributed by atoms with van der Waals surface area (Å²) < 4.78 is 9.36. The Balaban J connectivity index is 1.20. The first-order chi connectivity index (χ1) is 25.3. The molecule has 0 atom stereocenters. The van der Waals surface area contributed by atoms with Crippen LogP contribution >= 0.6 is 11.3 Å². The number of rotatable bonds is 6. The van der Waals surface area contributed by atoms with Crippen molar-refractivity contribution in [2.24, 2.45) is 0 Å². The number of thiophene rings is 1. The molecule has 0 saturated carbocycles. The van der Waals surface area contributed by atoms with Gasteiger partial charge in [-0.3, -0.25) is 0 Å². The Labute approximate surface area is 300 Å². The highest BCUT2D eigenvalue weighted by atomic mass is 32.1. The lowest BCUT2D eigenvalue weighted by Crippen LogP contribution is -2.11. The molecule has 240 valence electrons. The van der Waals surface area contributed by atoms with E-state index in [1.807, 2.05) is 17.4 Å². The minimum absolute atomic E-state index is 0.869. The minimum Gasteiger partial charge on any atom is -0.454 e. The van der Waals surface area contributed by atoms with E-state index in [1.54, 1.807) is 0 Å². The van der Waals surface area contributed by atoms with Gasteiger partial charge >= 0.3 is 0 Å². The van der Waals surface area contributed by atoms with Gasteiger partial charge in [-0.05, 0) is 76.3 Å². The minimum atomic E-state index is 0.869. The number of nitrogens with zero attached hydrogens (tertiary/aromatic N) is 1. The van der Waals surface area contributed by atoms with Gasteiger partial charge < -0.3 is 9.32 Å². The van der Waals surface area contributed by atoms with E-state index in [0.717, 1.165) is 50.1 Å². The van der Waals surface area contributed by atoms with Gasteiger partial charge in [0.25, 0.3) is 0 Å². The second-order valence-electron chi connectivity index (χ2n) is 12.9. The number of anilines is 3. The number of hydrogen-bond donors (Lipinski definition) is 0. The second-order valence-corrected chi connectivity index (χ2v) is 14.0.